The van der Waals surface area contributed by atoms with E-state index in [1.807, 2.05) is 0 Å². The number of nitrogens with zero attached hydrogens (tertiary/aromatic N) is 2. The summed E-state index contributed by atoms with van der Waals surface area (Å²) in [5.74, 6) is 0.170. The molecule has 6 heteroatoms. The molecular weight excluding hydrogens is 273 g/mol. The molecule has 0 fully saturated rings. The Bertz CT molecular complexity index is 814. The smallest absolute Gasteiger partial charge is 0.252 e. The normalized spacial score (nSPS) is 10.8. The lowest BCUT2D eigenvalue weighted by Crippen LogP contribution is -2.23. The van der Waals surface area contributed by atoms with Gasteiger partial charge in [-0.1, -0.05) is 29.4 Å². The van der Waals surface area contributed by atoms with Crippen LogP contribution in [0.25, 0.3) is 10.8 Å². The Balaban J connectivity index is 1.86. The van der Waals surface area contributed by atoms with Crippen molar-refractivity contribution in [3.05, 3.63) is 59.5 Å². The monoisotopic (exact) mass is 285 g/mol. The number of carbonyl (C=O) groups is 1. The van der Waals surface area contributed by atoms with Crippen LogP contribution in [0.3, 0.4) is 0 Å². The van der Waals surface area contributed by atoms with Crippen molar-refractivity contribution in [1.29, 1.82) is 0 Å². The SMILES string of the molecule is Cc1nc(CNC(=O)c2ccc(F)c3ccccc23)no1. The average Bonchev–Trinajstić information content (AvgIpc) is 2.91. The molecule has 0 spiro atoms. The molecule has 5 nitrogen and oxygen atoms in total. The van der Waals surface area contributed by atoms with Crippen molar-refractivity contribution < 1.29 is 13.7 Å². The molecule has 0 atom stereocenters. The van der Waals surface area contributed by atoms with E-state index in [9.17, 15) is 9.18 Å². The molecule has 0 aliphatic carbocycles. The predicted octanol–water partition coefficient (Wildman–Crippen LogP) is 2.60. The number of nitrogens with one attached hydrogen (secondary N) is 1. The van der Waals surface area contributed by atoms with E-state index in [2.05, 4.69) is 15.5 Å². The van der Waals surface area contributed by atoms with E-state index < -0.39 is 0 Å². The van der Waals surface area contributed by atoms with Crippen LogP contribution in [0, 0.1) is 12.7 Å². The van der Waals surface area contributed by atoms with Crippen LogP contribution < -0.4 is 5.32 Å². The molecule has 1 amide bonds. The second-order valence-electron chi connectivity index (χ2n) is 4.55. The van der Waals surface area contributed by atoms with E-state index in [1.165, 1.54) is 12.1 Å². The van der Waals surface area contributed by atoms with Gasteiger partial charge >= 0.3 is 0 Å². The van der Waals surface area contributed by atoms with Gasteiger partial charge in [0.05, 0.1) is 6.54 Å². The molecule has 0 aliphatic heterocycles. The molecule has 3 rings (SSSR count). The molecule has 0 saturated carbocycles. The first-order valence-corrected chi connectivity index (χ1v) is 6.40. The van der Waals surface area contributed by atoms with Gasteiger partial charge in [-0.25, -0.2) is 4.39 Å². The van der Waals surface area contributed by atoms with Crippen LogP contribution in [0.15, 0.2) is 40.9 Å². The highest BCUT2D eigenvalue weighted by Crippen LogP contribution is 2.21. The highest BCUT2D eigenvalue weighted by atomic mass is 19.1. The quantitative estimate of drug-likeness (QED) is 0.803. The Morgan fingerprint density at radius 1 is 1.24 bits per heavy atom. The van der Waals surface area contributed by atoms with Gasteiger partial charge in [0, 0.05) is 17.9 Å². The Morgan fingerprint density at radius 2 is 2.00 bits per heavy atom. The third kappa shape index (κ3) is 2.60. The summed E-state index contributed by atoms with van der Waals surface area (Å²) in [7, 11) is 0. The van der Waals surface area contributed by atoms with Crippen molar-refractivity contribution >= 4 is 16.7 Å². The first-order chi connectivity index (χ1) is 10.1. The first kappa shape index (κ1) is 13.2. The third-order valence-corrected chi connectivity index (χ3v) is 3.09. The number of benzene rings is 2. The Morgan fingerprint density at radius 3 is 2.71 bits per heavy atom. The van der Waals surface area contributed by atoms with Crippen molar-refractivity contribution in [3.8, 4) is 0 Å². The summed E-state index contributed by atoms with van der Waals surface area (Å²) in [4.78, 5) is 16.2. The number of aromatic nitrogens is 2. The van der Waals surface area contributed by atoms with Crippen LogP contribution in [-0.2, 0) is 6.54 Å². The molecule has 0 saturated heterocycles. The molecule has 2 aromatic carbocycles. The van der Waals surface area contributed by atoms with Gasteiger partial charge in [0.2, 0.25) is 5.89 Å². The maximum atomic E-state index is 13.7. The predicted molar refractivity (Wildman–Crippen MR) is 74.1 cm³/mol. The number of fused-ring (bicyclic) bond motifs is 1. The maximum Gasteiger partial charge on any atom is 0.252 e. The number of rotatable bonds is 3. The second kappa shape index (κ2) is 5.32. The van der Waals surface area contributed by atoms with Crippen molar-refractivity contribution in [3.63, 3.8) is 0 Å². The van der Waals surface area contributed by atoms with Gasteiger partial charge in [-0.05, 0) is 17.5 Å². The van der Waals surface area contributed by atoms with Crippen LogP contribution in [0.1, 0.15) is 22.1 Å². The molecule has 0 aliphatic rings. The van der Waals surface area contributed by atoms with Gasteiger partial charge in [0.15, 0.2) is 5.82 Å². The van der Waals surface area contributed by atoms with Crippen LogP contribution in [0.2, 0.25) is 0 Å². The minimum absolute atomic E-state index is 0.155. The summed E-state index contributed by atoms with van der Waals surface area (Å²) >= 11 is 0. The number of amides is 1. The van der Waals surface area contributed by atoms with Gasteiger partial charge in [-0.15, -0.1) is 0 Å². The number of aryl methyl sites for hydroxylation is 1. The third-order valence-electron chi connectivity index (χ3n) is 3.09. The molecule has 0 radical (unpaired) electrons. The molecular formula is C15H12FN3O2. The summed E-state index contributed by atoms with van der Waals surface area (Å²) in [6, 6.07) is 9.61. The van der Waals surface area contributed by atoms with Gasteiger partial charge in [0.1, 0.15) is 5.82 Å². The Kier molecular flexibility index (Phi) is 3.35. The summed E-state index contributed by atoms with van der Waals surface area (Å²) in [5, 5.41) is 7.38. The maximum absolute atomic E-state index is 13.7. The van der Waals surface area contributed by atoms with Gasteiger partial charge in [-0.2, -0.15) is 4.98 Å². The molecule has 21 heavy (non-hydrogen) atoms. The van der Waals surface area contributed by atoms with Crippen LogP contribution >= 0.6 is 0 Å². The van der Waals surface area contributed by atoms with E-state index >= 15 is 0 Å². The van der Waals surface area contributed by atoms with E-state index in [1.54, 1.807) is 31.2 Å². The largest absolute Gasteiger partial charge is 0.345 e. The van der Waals surface area contributed by atoms with E-state index in [4.69, 9.17) is 4.52 Å². The molecule has 3 aromatic rings. The Labute approximate surface area is 119 Å². The molecule has 1 aromatic heterocycles. The molecule has 0 bridgehead atoms. The van der Waals surface area contributed by atoms with Crippen LogP contribution in [0.5, 0.6) is 0 Å². The number of hydrogen-bond acceptors (Lipinski definition) is 4. The van der Waals surface area contributed by atoms with E-state index in [-0.39, 0.29) is 18.3 Å². The zero-order valence-electron chi connectivity index (χ0n) is 11.3. The summed E-state index contributed by atoms with van der Waals surface area (Å²) < 4.78 is 18.5. The summed E-state index contributed by atoms with van der Waals surface area (Å²) in [5.41, 5.74) is 0.409. The second-order valence-corrected chi connectivity index (χ2v) is 4.55. The van der Waals surface area contributed by atoms with Crippen LogP contribution in [0.4, 0.5) is 4.39 Å². The molecule has 0 unspecified atom stereocenters. The van der Waals surface area contributed by atoms with Crippen molar-refractivity contribution in [1.82, 2.24) is 15.5 Å². The topological polar surface area (TPSA) is 68.0 Å². The van der Waals surface area contributed by atoms with Gasteiger partial charge in [-0.3, -0.25) is 4.79 Å². The lowest BCUT2D eigenvalue weighted by Gasteiger charge is -2.07. The standard InChI is InChI=1S/C15H12FN3O2/c1-9-18-14(19-21-9)8-17-15(20)12-6-7-13(16)11-5-3-2-4-10(11)12/h2-7H,8H2,1H3,(H,17,20). The minimum Gasteiger partial charge on any atom is -0.345 e. The first-order valence-electron chi connectivity index (χ1n) is 6.40. The summed E-state index contributed by atoms with van der Waals surface area (Å²) in [6.45, 7) is 1.83. The van der Waals surface area contributed by atoms with Crippen molar-refractivity contribution in [2.24, 2.45) is 0 Å². The zero-order chi connectivity index (χ0) is 14.8. The van der Waals surface area contributed by atoms with Gasteiger partial charge in [0.25, 0.3) is 5.91 Å². The van der Waals surface area contributed by atoms with E-state index in [0.29, 0.717) is 28.1 Å². The number of carbonyl (C=O) groups excluding carboxylic acids is 1. The number of hydrogen-bond donors (Lipinski definition) is 1. The van der Waals surface area contributed by atoms with Crippen molar-refractivity contribution in [2.45, 2.75) is 13.5 Å². The fourth-order valence-electron chi connectivity index (χ4n) is 2.13. The zero-order valence-corrected chi connectivity index (χ0v) is 11.3. The lowest BCUT2D eigenvalue weighted by atomic mass is 10.0. The summed E-state index contributed by atoms with van der Waals surface area (Å²) in [6.07, 6.45) is 0. The van der Waals surface area contributed by atoms with E-state index in [0.717, 1.165) is 0 Å². The fraction of sp³-hybridized carbons (Fsp3) is 0.133. The minimum atomic E-state index is -0.351. The average molecular weight is 285 g/mol. The highest BCUT2D eigenvalue weighted by molar-refractivity contribution is 6.07. The van der Waals surface area contributed by atoms with Crippen LogP contribution in [-0.4, -0.2) is 16.0 Å². The van der Waals surface area contributed by atoms with Crippen molar-refractivity contribution in [2.75, 3.05) is 0 Å². The Hall–Kier alpha value is -2.76. The fourth-order valence-corrected chi connectivity index (χ4v) is 2.13. The lowest BCUT2D eigenvalue weighted by molar-refractivity contribution is 0.0951. The number of halogens is 1. The van der Waals surface area contributed by atoms with Gasteiger partial charge < -0.3 is 9.84 Å². The molecule has 106 valence electrons. The molecule has 1 N–H and O–H groups in total. The highest BCUT2D eigenvalue weighted by Gasteiger charge is 2.13. The molecule has 1 heterocycles.